The van der Waals surface area contributed by atoms with E-state index >= 15 is 0 Å². The van der Waals surface area contributed by atoms with E-state index < -0.39 is 21.8 Å². The molecule has 0 unspecified atom stereocenters. The lowest BCUT2D eigenvalue weighted by atomic mass is 10.2. The summed E-state index contributed by atoms with van der Waals surface area (Å²) in [6, 6.07) is 8.94. The molecule has 2 heterocycles. The van der Waals surface area contributed by atoms with Crippen LogP contribution >= 0.6 is 34.5 Å². The van der Waals surface area contributed by atoms with Crippen LogP contribution in [0.4, 0.5) is 18.3 Å². The Balaban J connectivity index is 1.47. The molecule has 1 saturated heterocycles. The fraction of sp³-hybridized carbons (Fsp3) is 0.250. The van der Waals surface area contributed by atoms with Crippen molar-refractivity contribution in [3.63, 3.8) is 0 Å². The summed E-state index contributed by atoms with van der Waals surface area (Å²) in [4.78, 5) is 6.18. The molecule has 5 nitrogen and oxygen atoms in total. The molecule has 3 aromatic rings. The number of hydrogen-bond donors (Lipinski definition) is 0. The molecule has 0 amide bonds. The maximum Gasteiger partial charge on any atom is 0.416 e. The van der Waals surface area contributed by atoms with Gasteiger partial charge in [-0.3, -0.25) is 0 Å². The largest absolute Gasteiger partial charge is 0.416 e. The summed E-state index contributed by atoms with van der Waals surface area (Å²) in [6.07, 6.45) is -4.61. The van der Waals surface area contributed by atoms with Crippen molar-refractivity contribution in [2.24, 2.45) is 0 Å². The van der Waals surface area contributed by atoms with Crippen molar-refractivity contribution in [2.75, 3.05) is 31.1 Å². The predicted octanol–water partition coefficient (Wildman–Crippen LogP) is 5.65. The zero-order valence-corrected chi connectivity index (χ0v) is 19.5. The Morgan fingerprint density at radius 2 is 1.72 bits per heavy atom. The smallest absolute Gasteiger partial charge is 0.345 e. The van der Waals surface area contributed by atoms with Gasteiger partial charge in [0.25, 0.3) is 0 Å². The highest BCUT2D eigenvalue weighted by Crippen LogP contribution is 2.34. The van der Waals surface area contributed by atoms with Crippen LogP contribution in [0.2, 0.25) is 10.0 Å². The lowest BCUT2D eigenvalue weighted by Crippen LogP contribution is -2.48. The van der Waals surface area contributed by atoms with Gasteiger partial charge >= 0.3 is 6.18 Å². The van der Waals surface area contributed by atoms with Crippen LogP contribution in [0, 0.1) is 0 Å². The van der Waals surface area contributed by atoms with Gasteiger partial charge in [-0.05, 0) is 36.4 Å². The second-order valence-electron chi connectivity index (χ2n) is 7.06. The number of thiazole rings is 1. The minimum atomic E-state index is -4.61. The number of benzene rings is 2. The molecule has 1 aliphatic heterocycles. The van der Waals surface area contributed by atoms with Crippen molar-refractivity contribution in [3.05, 3.63) is 63.5 Å². The number of nitrogens with zero attached hydrogens (tertiary/aromatic N) is 3. The monoisotopic (exact) mass is 521 g/mol. The minimum Gasteiger partial charge on any atom is -0.345 e. The quantitative estimate of drug-likeness (QED) is 0.445. The van der Waals surface area contributed by atoms with Crippen LogP contribution in [0.1, 0.15) is 5.56 Å². The molecule has 0 spiro atoms. The first-order valence-electron chi connectivity index (χ1n) is 9.39. The molecule has 12 heteroatoms. The molecule has 0 radical (unpaired) electrons. The number of hydrogen-bond acceptors (Lipinski definition) is 5. The van der Waals surface area contributed by atoms with E-state index in [2.05, 4.69) is 4.98 Å². The van der Waals surface area contributed by atoms with Gasteiger partial charge in [0.05, 0.1) is 21.2 Å². The number of anilines is 1. The molecule has 1 aliphatic rings. The zero-order chi connectivity index (χ0) is 23.1. The highest BCUT2D eigenvalue weighted by atomic mass is 35.5. The fourth-order valence-corrected chi connectivity index (χ4v) is 6.19. The Bertz CT molecular complexity index is 1240. The first kappa shape index (κ1) is 23.3. The highest BCUT2D eigenvalue weighted by Gasteiger charge is 2.34. The third-order valence-corrected chi connectivity index (χ3v) is 8.35. The Labute approximate surface area is 197 Å². The molecule has 0 atom stereocenters. The van der Waals surface area contributed by atoms with Gasteiger partial charge in [0.15, 0.2) is 5.13 Å². The van der Waals surface area contributed by atoms with Crippen molar-refractivity contribution in [1.82, 2.24) is 9.29 Å². The van der Waals surface area contributed by atoms with Gasteiger partial charge in [0, 0.05) is 42.1 Å². The summed E-state index contributed by atoms with van der Waals surface area (Å²) in [6.45, 7) is 0.989. The van der Waals surface area contributed by atoms with Crippen molar-refractivity contribution in [3.8, 4) is 11.3 Å². The fourth-order valence-electron chi connectivity index (χ4n) is 3.33. The minimum absolute atomic E-state index is 0.134. The third-order valence-electron chi connectivity index (χ3n) is 5.01. The second-order valence-corrected chi connectivity index (χ2v) is 10.7. The Hall–Kier alpha value is -1.85. The van der Waals surface area contributed by atoms with Gasteiger partial charge in [-0.15, -0.1) is 11.3 Å². The molecule has 170 valence electrons. The normalized spacial score (nSPS) is 15.8. The number of sulfonamides is 1. The Morgan fingerprint density at radius 1 is 1.00 bits per heavy atom. The first-order chi connectivity index (χ1) is 15.1. The van der Waals surface area contributed by atoms with Gasteiger partial charge in [-0.1, -0.05) is 29.3 Å². The molecule has 2 aromatic carbocycles. The van der Waals surface area contributed by atoms with Crippen LogP contribution in [0.5, 0.6) is 0 Å². The number of rotatable bonds is 4. The van der Waals surface area contributed by atoms with Crippen LogP contribution in [-0.4, -0.2) is 43.9 Å². The third kappa shape index (κ3) is 4.74. The summed E-state index contributed by atoms with van der Waals surface area (Å²) in [5.41, 5.74) is 0.434. The molecular weight excluding hydrogens is 506 g/mol. The molecule has 0 bridgehead atoms. The number of aromatic nitrogens is 1. The topological polar surface area (TPSA) is 53.5 Å². The first-order valence-corrected chi connectivity index (χ1v) is 12.5. The van der Waals surface area contributed by atoms with Gasteiger partial charge in [0.2, 0.25) is 10.0 Å². The van der Waals surface area contributed by atoms with Crippen LogP contribution in [0.25, 0.3) is 11.3 Å². The van der Waals surface area contributed by atoms with E-state index in [0.717, 1.165) is 17.7 Å². The summed E-state index contributed by atoms with van der Waals surface area (Å²) in [5, 5.41) is 3.57. The van der Waals surface area contributed by atoms with Gasteiger partial charge < -0.3 is 4.90 Å². The molecule has 4 rings (SSSR count). The lowest BCUT2D eigenvalue weighted by Gasteiger charge is -2.33. The maximum atomic E-state index is 13.0. The van der Waals surface area contributed by atoms with E-state index in [0.29, 0.717) is 40.0 Å². The molecular formula is C20H16Cl2F3N3O2S2. The Kier molecular flexibility index (Phi) is 6.43. The van der Waals surface area contributed by atoms with Gasteiger partial charge in [-0.2, -0.15) is 17.5 Å². The molecule has 1 fully saturated rings. The van der Waals surface area contributed by atoms with Crippen molar-refractivity contribution in [1.29, 1.82) is 0 Å². The van der Waals surface area contributed by atoms with Crippen LogP contribution in [-0.2, 0) is 16.2 Å². The number of halogens is 5. The van der Waals surface area contributed by atoms with Crippen molar-refractivity contribution < 1.29 is 21.6 Å². The summed E-state index contributed by atoms with van der Waals surface area (Å²) in [5.74, 6) is 0. The Morgan fingerprint density at radius 3 is 2.38 bits per heavy atom. The van der Waals surface area contributed by atoms with Crippen molar-refractivity contribution in [2.45, 2.75) is 11.1 Å². The van der Waals surface area contributed by atoms with E-state index in [-0.39, 0.29) is 18.0 Å². The summed E-state index contributed by atoms with van der Waals surface area (Å²) >= 11 is 13.6. The molecule has 32 heavy (non-hydrogen) atoms. The zero-order valence-electron chi connectivity index (χ0n) is 16.3. The van der Waals surface area contributed by atoms with Crippen LogP contribution in [0.15, 0.2) is 52.7 Å². The van der Waals surface area contributed by atoms with E-state index in [1.807, 2.05) is 10.3 Å². The van der Waals surface area contributed by atoms with Crippen molar-refractivity contribution >= 4 is 49.7 Å². The molecule has 0 saturated carbocycles. The van der Waals surface area contributed by atoms with E-state index in [1.165, 1.54) is 21.7 Å². The predicted molar refractivity (Wildman–Crippen MR) is 120 cm³/mol. The highest BCUT2D eigenvalue weighted by molar-refractivity contribution is 7.89. The standard InChI is InChI=1S/C20H16Cl2F3N3O2S2/c21-14-4-5-16(17(22)11-14)18-12-31-19(26-18)27-6-8-28(9-7-27)32(29,30)15-3-1-2-13(10-15)20(23,24)25/h1-5,10-12H,6-9H2. The van der Waals surface area contributed by atoms with E-state index in [9.17, 15) is 21.6 Å². The molecule has 0 aliphatic carbocycles. The van der Waals surface area contributed by atoms with E-state index in [1.54, 1.807) is 18.2 Å². The number of piperazine rings is 1. The van der Waals surface area contributed by atoms with E-state index in [4.69, 9.17) is 23.2 Å². The van der Waals surface area contributed by atoms with Crippen LogP contribution in [0.3, 0.4) is 0 Å². The van der Waals surface area contributed by atoms with Gasteiger partial charge in [0.1, 0.15) is 0 Å². The summed E-state index contributed by atoms with van der Waals surface area (Å²) < 4.78 is 65.8. The molecule has 0 N–H and O–H groups in total. The molecule has 1 aromatic heterocycles. The number of alkyl halides is 3. The lowest BCUT2D eigenvalue weighted by molar-refractivity contribution is -0.137. The maximum absolute atomic E-state index is 13.0. The SMILES string of the molecule is O=S(=O)(c1cccc(C(F)(F)F)c1)N1CCN(c2nc(-c3ccc(Cl)cc3Cl)cs2)CC1. The average Bonchev–Trinajstić information content (AvgIpc) is 3.23. The summed E-state index contributed by atoms with van der Waals surface area (Å²) in [7, 11) is -4.04. The average molecular weight is 522 g/mol. The second kappa shape index (κ2) is 8.83. The van der Waals surface area contributed by atoms with Gasteiger partial charge in [-0.25, -0.2) is 13.4 Å². The van der Waals surface area contributed by atoms with Crippen LogP contribution < -0.4 is 4.90 Å².